The van der Waals surface area contributed by atoms with Crippen LogP contribution in [0.2, 0.25) is 0 Å². The highest BCUT2D eigenvalue weighted by atomic mass is 16.8. The highest BCUT2D eigenvalue weighted by molar-refractivity contribution is 4.96. The molecular weight excluding hydrogens is 828 g/mol. The molecule has 3 fully saturated rings. The molecule has 3 aliphatic heterocycles. The molecule has 0 aromatic carbocycles. The third kappa shape index (κ3) is 19.4. The van der Waals surface area contributed by atoms with E-state index in [4.69, 9.17) is 37.9 Å². The van der Waals surface area contributed by atoms with Gasteiger partial charge in [0.05, 0.1) is 33.0 Å². The maximum absolute atomic E-state index is 11.3. The second kappa shape index (κ2) is 32.9. The van der Waals surface area contributed by atoms with Crippen LogP contribution in [0.4, 0.5) is 0 Å². The van der Waals surface area contributed by atoms with E-state index in [-0.39, 0.29) is 13.2 Å². The molecule has 18 heteroatoms. The minimum absolute atomic E-state index is 0.136. The van der Waals surface area contributed by atoms with E-state index in [1.165, 1.54) is 89.9 Å². The summed E-state index contributed by atoms with van der Waals surface area (Å²) in [5.74, 6) is 0. The van der Waals surface area contributed by atoms with Crippen molar-refractivity contribution in [3.05, 3.63) is 0 Å². The third-order valence-corrected chi connectivity index (χ3v) is 12.3. The van der Waals surface area contributed by atoms with E-state index < -0.39 is 118 Å². The molecule has 0 unspecified atom stereocenters. The fourth-order valence-corrected chi connectivity index (χ4v) is 8.28. The number of ether oxygens (including phenoxy) is 8. The first-order chi connectivity index (χ1) is 30.5. The number of unbranched alkanes of at least 4 members (excludes halogenated alkanes) is 18. The van der Waals surface area contributed by atoms with Crippen molar-refractivity contribution in [3.8, 4) is 0 Å². The molecule has 0 bridgehead atoms. The molecule has 63 heavy (non-hydrogen) atoms. The third-order valence-electron chi connectivity index (χ3n) is 12.3. The van der Waals surface area contributed by atoms with Crippen molar-refractivity contribution in [1.29, 1.82) is 0 Å². The Morgan fingerprint density at radius 3 is 1.11 bits per heavy atom. The number of hydrogen-bond donors (Lipinski definition) is 10. The average molecular weight is 915 g/mol. The summed E-state index contributed by atoms with van der Waals surface area (Å²) in [5.41, 5.74) is 0. The van der Waals surface area contributed by atoms with Crippen molar-refractivity contribution in [2.75, 3.05) is 46.2 Å². The highest BCUT2D eigenvalue weighted by Gasteiger charge is 2.53. The van der Waals surface area contributed by atoms with Gasteiger partial charge in [-0.15, -0.1) is 0 Å². The normalized spacial score (nSPS) is 34.0. The summed E-state index contributed by atoms with van der Waals surface area (Å²) < 4.78 is 46.5. The van der Waals surface area contributed by atoms with E-state index in [9.17, 15) is 51.1 Å². The van der Waals surface area contributed by atoms with E-state index >= 15 is 0 Å². The Balaban J connectivity index is 1.54. The van der Waals surface area contributed by atoms with Crippen molar-refractivity contribution in [1.82, 2.24) is 0 Å². The van der Waals surface area contributed by atoms with Gasteiger partial charge in [-0.3, -0.25) is 0 Å². The van der Waals surface area contributed by atoms with Gasteiger partial charge in [-0.25, -0.2) is 0 Å². The number of rotatable bonds is 35. The van der Waals surface area contributed by atoms with E-state index in [0.717, 1.165) is 38.5 Å². The van der Waals surface area contributed by atoms with Gasteiger partial charge in [-0.1, -0.05) is 129 Å². The molecule has 374 valence electrons. The van der Waals surface area contributed by atoms with Crippen LogP contribution in [-0.4, -0.2) is 196 Å². The molecule has 0 aromatic rings. The van der Waals surface area contributed by atoms with Gasteiger partial charge >= 0.3 is 0 Å². The van der Waals surface area contributed by atoms with Gasteiger partial charge in [0.1, 0.15) is 79.4 Å². The Kier molecular flexibility index (Phi) is 29.6. The summed E-state index contributed by atoms with van der Waals surface area (Å²) in [6, 6.07) is 0. The lowest BCUT2D eigenvalue weighted by atomic mass is 9.96. The maximum Gasteiger partial charge on any atom is 0.187 e. The molecule has 18 nitrogen and oxygen atoms in total. The lowest BCUT2D eigenvalue weighted by molar-refractivity contribution is -0.381. The molecule has 0 radical (unpaired) electrons. The van der Waals surface area contributed by atoms with Crippen molar-refractivity contribution in [2.24, 2.45) is 0 Å². The Morgan fingerprint density at radius 1 is 0.381 bits per heavy atom. The zero-order valence-electron chi connectivity index (χ0n) is 38.1. The van der Waals surface area contributed by atoms with Crippen molar-refractivity contribution >= 4 is 0 Å². The van der Waals surface area contributed by atoms with Gasteiger partial charge in [0.15, 0.2) is 18.9 Å². The number of aliphatic hydroxyl groups excluding tert-OH is 10. The van der Waals surface area contributed by atoms with Crippen LogP contribution in [0, 0.1) is 0 Å². The lowest BCUT2D eigenvalue weighted by Gasteiger charge is -2.48. The van der Waals surface area contributed by atoms with Crippen LogP contribution < -0.4 is 0 Å². The summed E-state index contributed by atoms with van der Waals surface area (Å²) in [7, 11) is 0. The van der Waals surface area contributed by atoms with Crippen LogP contribution in [-0.2, 0) is 37.9 Å². The number of hydrogen-bond acceptors (Lipinski definition) is 18. The molecule has 15 atom stereocenters. The number of aliphatic hydroxyl groups is 10. The fourth-order valence-electron chi connectivity index (χ4n) is 8.28. The Hall–Kier alpha value is -0.720. The van der Waals surface area contributed by atoms with Crippen LogP contribution in [0.15, 0.2) is 0 Å². The van der Waals surface area contributed by atoms with Crippen molar-refractivity contribution in [3.63, 3.8) is 0 Å². The SMILES string of the molecule is CCCCCCCCCCCCOCC(COCCCCCCCCCCCC)O[C@@H]1O[C@H](CO)[C@@H](O[C@@H]2O[C@H](CO)[C@@H](O[C@@H]3O[C@H](CO)[C@@H](O)[C@H](O)[C@H]3O)[C@H](O)[C@H]2O)[C@H](O)[C@H]1O. The summed E-state index contributed by atoms with van der Waals surface area (Å²) in [6.45, 7) is 3.46. The van der Waals surface area contributed by atoms with Crippen molar-refractivity contribution < 1.29 is 89.0 Å². The Morgan fingerprint density at radius 2 is 0.714 bits per heavy atom. The second-order valence-electron chi connectivity index (χ2n) is 17.6. The molecule has 3 aliphatic rings. The molecule has 0 spiro atoms. The van der Waals surface area contributed by atoms with Crippen molar-refractivity contribution in [2.45, 2.75) is 240 Å². The predicted octanol–water partition coefficient (Wildman–Crippen LogP) is 1.69. The predicted molar refractivity (Wildman–Crippen MR) is 229 cm³/mol. The molecule has 0 amide bonds. The zero-order chi connectivity index (χ0) is 46.0. The highest BCUT2D eigenvalue weighted by Crippen LogP contribution is 2.33. The molecule has 3 heterocycles. The Bertz CT molecular complexity index is 1080. The van der Waals surface area contributed by atoms with Gasteiger partial charge in [0.25, 0.3) is 0 Å². The first-order valence-corrected chi connectivity index (χ1v) is 24.2. The van der Waals surface area contributed by atoms with E-state index in [1.54, 1.807) is 0 Å². The summed E-state index contributed by atoms with van der Waals surface area (Å²) in [6.07, 6.45) is -1.52. The minimum Gasteiger partial charge on any atom is -0.394 e. The largest absolute Gasteiger partial charge is 0.394 e. The molecule has 10 N–H and O–H groups in total. The van der Waals surface area contributed by atoms with Gasteiger partial charge in [0, 0.05) is 13.2 Å². The van der Waals surface area contributed by atoms with Gasteiger partial charge < -0.3 is 89.0 Å². The van der Waals surface area contributed by atoms with E-state index in [0.29, 0.717) is 13.2 Å². The Labute approximate surface area is 375 Å². The van der Waals surface area contributed by atoms with E-state index in [2.05, 4.69) is 13.8 Å². The summed E-state index contributed by atoms with van der Waals surface area (Å²) in [5, 5.41) is 105. The monoisotopic (exact) mass is 915 g/mol. The zero-order valence-corrected chi connectivity index (χ0v) is 38.1. The van der Waals surface area contributed by atoms with Crippen LogP contribution in [0.3, 0.4) is 0 Å². The fraction of sp³-hybridized carbons (Fsp3) is 1.00. The lowest BCUT2D eigenvalue weighted by Crippen LogP contribution is -2.66. The quantitative estimate of drug-likeness (QED) is 0.0405. The van der Waals surface area contributed by atoms with E-state index in [1.807, 2.05) is 0 Å². The average Bonchev–Trinajstić information content (AvgIpc) is 3.28. The van der Waals surface area contributed by atoms with Crippen LogP contribution in [0.1, 0.15) is 142 Å². The molecule has 0 saturated carbocycles. The first kappa shape index (κ1) is 56.6. The van der Waals surface area contributed by atoms with Crippen LogP contribution >= 0.6 is 0 Å². The molecular formula is C45H86O18. The minimum atomic E-state index is -1.93. The van der Waals surface area contributed by atoms with Gasteiger partial charge in [-0.2, -0.15) is 0 Å². The van der Waals surface area contributed by atoms with Gasteiger partial charge in [-0.05, 0) is 12.8 Å². The van der Waals surface area contributed by atoms with Crippen LogP contribution in [0.25, 0.3) is 0 Å². The molecule has 0 aliphatic carbocycles. The standard InChI is InChI=1S/C45H86O18/c1-3-5-7-9-11-13-15-17-19-21-23-56-28-30(29-57-24-22-20-18-16-14-12-10-8-6-4-2)58-43-39(54)36(51)41(32(26-47)60-43)63-45-40(55)37(52)42(33(27-48)61-45)62-44-38(53)35(50)34(49)31(25-46)59-44/h30-55H,3-29H2,1-2H3/t31-,32-,33-,34-,35+,36-,37-,38-,39-,40-,41-,42-,43-,44+,45+/m1/s1. The van der Waals surface area contributed by atoms with Crippen LogP contribution in [0.5, 0.6) is 0 Å². The van der Waals surface area contributed by atoms with Gasteiger partial charge in [0.2, 0.25) is 0 Å². The molecule has 0 aromatic heterocycles. The topological polar surface area (TPSA) is 276 Å². The maximum atomic E-state index is 11.3. The summed E-state index contributed by atoms with van der Waals surface area (Å²) in [4.78, 5) is 0. The summed E-state index contributed by atoms with van der Waals surface area (Å²) >= 11 is 0. The molecule has 3 rings (SSSR count). The smallest absolute Gasteiger partial charge is 0.187 e. The first-order valence-electron chi connectivity index (χ1n) is 24.2. The molecule has 3 saturated heterocycles. The second-order valence-corrected chi connectivity index (χ2v) is 17.6.